The zero-order chi connectivity index (χ0) is 29.5. The molecular weight excluding hydrogens is 557 g/mol. The van der Waals surface area contributed by atoms with Crippen LogP contribution in [0.1, 0.15) is 70.9 Å². The van der Waals surface area contributed by atoms with Crippen LogP contribution in [0.25, 0.3) is 22.3 Å². The fraction of sp³-hybridized carbons (Fsp3) is 0.312. The van der Waals surface area contributed by atoms with E-state index in [0.29, 0.717) is 63.2 Å². The van der Waals surface area contributed by atoms with Crippen LogP contribution in [0.3, 0.4) is 0 Å². The van der Waals surface area contributed by atoms with E-state index in [9.17, 15) is 19.8 Å². The van der Waals surface area contributed by atoms with Crippen LogP contribution in [-0.2, 0) is 39.5 Å². The first-order valence-electron chi connectivity index (χ1n) is 14.0. The molecule has 3 N–H and O–H groups in total. The molecular formula is C32H28FN3O5S. The summed E-state index contributed by atoms with van der Waals surface area (Å²) in [5, 5.41) is 26.0. The summed E-state index contributed by atoms with van der Waals surface area (Å²) in [5.74, 6) is -1.61. The third-order valence-electron chi connectivity index (χ3n) is 9.06. The number of aliphatic hydroxyl groups is 2. The minimum atomic E-state index is -1.84. The second-order valence-electron chi connectivity index (χ2n) is 11.2. The van der Waals surface area contributed by atoms with Crippen molar-refractivity contribution in [3.05, 3.63) is 91.9 Å². The number of carbonyl (C=O) groups excluding carboxylic acids is 2. The number of nitrogens with one attached hydrogen (secondary N) is 1. The third kappa shape index (κ3) is 3.71. The van der Waals surface area contributed by atoms with Crippen LogP contribution in [-0.4, -0.2) is 31.6 Å². The molecule has 3 atom stereocenters. The highest BCUT2D eigenvalue weighted by molar-refractivity contribution is 7.71. The maximum Gasteiger partial charge on any atom is 0.343 e. The number of rotatable bonds is 4. The highest BCUT2D eigenvalue weighted by atomic mass is 32.1. The Bertz CT molecular complexity index is 1910. The average Bonchev–Trinajstić information content (AvgIpc) is 3.37. The van der Waals surface area contributed by atoms with Gasteiger partial charge in [0.25, 0.3) is 5.91 Å². The van der Waals surface area contributed by atoms with Crippen molar-refractivity contribution < 1.29 is 28.9 Å². The number of aromatic nitrogens is 2. The van der Waals surface area contributed by atoms with E-state index in [2.05, 4.69) is 5.32 Å². The molecule has 2 aromatic heterocycles. The molecule has 1 aliphatic carbocycles. The second kappa shape index (κ2) is 9.52. The molecule has 0 spiro atoms. The van der Waals surface area contributed by atoms with Gasteiger partial charge in [0.1, 0.15) is 17.1 Å². The normalized spacial score (nSPS) is 20.9. The van der Waals surface area contributed by atoms with E-state index < -0.39 is 29.6 Å². The molecule has 4 aromatic rings. The fourth-order valence-electron chi connectivity index (χ4n) is 6.74. The number of fused-ring (bicyclic) bond motifs is 5. The molecule has 0 bridgehead atoms. The highest BCUT2D eigenvalue weighted by Crippen LogP contribution is 2.47. The van der Waals surface area contributed by atoms with Crippen LogP contribution in [0.15, 0.2) is 42.5 Å². The fourth-order valence-corrected chi connectivity index (χ4v) is 7.07. The number of hydrogen-bond donors (Lipinski definition) is 3. The van der Waals surface area contributed by atoms with E-state index in [1.807, 2.05) is 10.6 Å². The summed E-state index contributed by atoms with van der Waals surface area (Å²) in [4.78, 5) is 30.9. The Kier molecular flexibility index (Phi) is 6.09. The second-order valence-corrected chi connectivity index (χ2v) is 11.6. The molecule has 1 amide bonds. The molecule has 0 saturated heterocycles. The number of benzene rings is 2. The number of pyridine rings is 2. The van der Waals surface area contributed by atoms with Crippen molar-refractivity contribution >= 4 is 35.0 Å². The van der Waals surface area contributed by atoms with Gasteiger partial charge in [-0.1, -0.05) is 49.5 Å². The van der Waals surface area contributed by atoms with Crippen molar-refractivity contribution in [2.75, 3.05) is 0 Å². The first kappa shape index (κ1) is 26.9. The van der Waals surface area contributed by atoms with E-state index in [0.717, 1.165) is 22.1 Å². The zero-order valence-corrected chi connectivity index (χ0v) is 23.8. The molecule has 3 aliphatic rings. The molecule has 0 fully saturated rings. The number of nitrogens with zero attached hydrogens (tertiary/aromatic N) is 2. The Hall–Kier alpha value is -3.99. The van der Waals surface area contributed by atoms with Crippen LogP contribution in [0.2, 0.25) is 0 Å². The quantitative estimate of drug-likeness (QED) is 0.206. The monoisotopic (exact) mass is 585 g/mol. The van der Waals surface area contributed by atoms with E-state index in [1.54, 1.807) is 44.2 Å². The van der Waals surface area contributed by atoms with Gasteiger partial charge in [-0.25, -0.2) is 14.2 Å². The van der Waals surface area contributed by atoms with E-state index >= 15 is 4.39 Å². The van der Waals surface area contributed by atoms with Crippen LogP contribution >= 0.6 is 12.2 Å². The number of halogens is 1. The number of esters is 1. The largest absolute Gasteiger partial charge is 0.458 e. The average molecular weight is 586 g/mol. The Morgan fingerprint density at radius 1 is 1.26 bits per heavy atom. The van der Waals surface area contributed by atoms with Gasteiger partial charge >= 0.3 is 5.97 Å². The first-order chi connectivity index (χ1) is 20.1. The van der Waals surface area contributed by atoms with Gasteiger partial charge < -0.3 is 24.8 Å². The van der Waals surface area contributed by atoms with Crippen LogP contribution < -0.4 is 5.32 Å². The van der Waals surface area contributed by atoms with Gasteiger partial charge in [0, 0.05) is 28.1 Å². The van der Waals surface area contributed by atoms with Crippen molar-refractivity contribution in [1.29, 1.82) is 0 Å². The zero-order valence-electron chi connectivity index (χ0n) is 23.0. The molecule has 10 heteroatoms. The smallest absolute Gasteiger partial charge is 0.343 e. The summed E-state index contributed by atoms with van der Waals surface area (Å²) >= 11 is 5.87. The summed E-state index contributed by atoms with van der Waals surface area (Å²) in [6.07, 6.45) is -0.211. The lowest BCUT2D eigenvalue weighted by Crippen LogP contribution is -2.41. The number of aliphatic hydroxyl groups excluding tert-OH is 1. The molecule has 2 unspecified atom stereocenters. The topological polar surface area (TPSA) is 114 Å². The van der Waals surface area contributed by atoms with Gasteiger partial charge in [-0.05, 0) is 54.5 Å². The van der Waals surface area contributed by atoms with Gasteiger partial charge in [-0.3, -0.25) is 4.79 Å². The highest BCUT2D eigenvalue weighted by Gasteiger charge is 2.45. The number of cyclic esters (lactones) is 1. The van der Waals surface area contributed by atoms with Crippen LogP contribution in [0.5, 0.6) is 0 Å². The summed E-state index contributed by atoms with van der Waals surface area (Å²) in [6, 6.07) is 11.4. The van der Waals surface area contributed by atoms with E-state index in [-0.39, 0.29) is 18.8 Å². The maximum absolute atomic E-state index is 15.1. The SMILES string of the molecule is CC[C@@]1(O)C(=O)OCc2c1cc1n(c2=S)Cc2c-1nc1cc(F)c(C)c3c1c2C(NC(=O)C(O)c1ccccc1)CC3. The Morgan fingerprint density at radius 3 is 2.76 bits per heavy atom. The number of ether oxygens (including phenoxy) is 1. The maximum atomic E-state index is 15.1. The standard InChI is InChI=1S/C32H28FN3O5S/c1-3-32(40)20-11-24-27-18(13-36(24)30(42)19(20)14-41-31(32)39)26-22(35-29(38)28(37)16-7-5-4-6-8-16)10-9-17-15(2)21(33)12-23(34-27)25(17)26/h4-8,11-12,22,28,37,40H,3,9-10,13-14H2,1-2H3,(H,35,38)/t22?,28?,32-/m0/s1. The molecule has 214 valence electrons. The summed E-state index contributed by atoms with van der Waals surface area (Å²) in [6.45, 7) is 3.75. The third-order valence-corrected chi connectivity index (χ3v) is 9.52. The minimum Gasteiger partial charge on any atom is -0.458 e. The van der Waals surface area contributed by atoms with Crippen molar-refractivity contribution in [3.8, 4) is 11.4 Å². The van der Waals surface area contributed by atoms with Gasteiger partial charge in [0.2, 0.25) is 0 Å². The summed E-state index contributed by atoms with van der Waals surface area (Å²) in [5.41, 5.74) is 4.27. The number of carbonyl (C=O) groups is 2. The van der Waals surface area contributed by atoms with E-state index in [4.69, 9.17) is 21.9 Å². The first-order valence-corrected chi connectivity index (χ1v) is 14.4. The number of amides is 1. The molecule has 4 heterocycles. The van der Waals surface area contributed by atoms with Crippen molar-refractivity contribution in [2.45, 2.75) is 64.0 Å². The molecule has 2 aliphatic heterocycles. The Balaban J connectivity index is 1.42. The summed E-state index contributed by atoms with van der Waals surface area (Å²) in [7, 11) is 0. The predicted octanol–water partition coefficient (Wildman–Crippen LogP) is 4.73. The van der Waals surface area contributed by atoms with E-state index in [1.165, 1.54) is 6.07 Å². The summed E-state index contributed by atoms with van der Waals surface area (Å²) < 4.78 is 22.8. The lowest BCUT2D eigenvalue weighted by atomic mass is 9.81. The van der Waals surface area contributed by atoms with Gasteiger partial charge in [0.05, 0.1) is 29.5 Å². The Labute approximate surface area is 245 Å². The lowest BCUT2D eigenvalue weighted by molar-refractivity contribution is -0.172. The molecule has 42 heavy (non-hydrogen) atoms. The lowest BCUT2D eigenvalue weighted by Gasteiger charge is -2.32. The van der Waals surface area contributed by atoms with Crippen molar-refractivity contribution in [1.82, 2.24) is 14.9 Å². The molecule has 0 saturated carbocycles. The molecule has 8 nitrogen and oxygen atoms in total. The molecule has 7 rings (SSSR count). The molecule has 0 radical (unpaired) electrons. The van der Waals surface area contributed by atoms with Crippen molar-refractivity contribution in [3.63, 3.8) is 0 Å². The van der Waals surface area contributed by atoms with Gasteiger partial charge in [-0.2, -0.15) is 0 Å². The molecule has 2 aromatic carbocycles. The number of aryl methyl sites for hydroxylation is 1. The number of hydrogen-bond acceptors (Lipinski definition) is 7. The van der Waals surface area contributed by atoms with Crippen LogP contribution in [0, 0.1) is 17.4 Å². The van der Waals surface area contributed by atoms with Gasteiger partial charge in [0.15, 0.2) is 11.7 Å². The van der Waals surface area contributed by atoms with Gasteiger partial charge in [-0.15, -0.1) is 0 Å². The van der Waals surface area contributed by atoms with Crippen molar-refractivity contribution in [2.24, 2.45) is 0 Å². The minimum absolute atomic E-state index is 0.0428. The Morgan fingerprint density at radius 2 is 2.02 bits per heavy atom. The van der Waals surface area contributed by atoms with Crippen LogP contribution in [0.4, 0.5) is 4.39 Å². The predicted molar refractivity (Wildman–Crippen MR) is 154 cm³/mol.